The Labute approximate surface area is 107 Å². The summed E-state index contributed by atoms with van der Waals surface area (Å²) >= 11 is 0. The highest BCUT2D eigenvalue weighted by Crippen LogP contribution is 2.23. The van der Waals surface area contributed by atoms with E-state index in [0.29, 0.717) is 25.3 Å². The summed E-state index contributed by atoms with van der Waals surface area (Å²) in [5, 5.41) is 9.96. The maximum Gasteiger partial charge on any atom is 0.257 e. The maximum absolute atomic E-state index is 12.4. The van der Waals surface area contributed by atoms with Gasteiger partial charge in [-0.05, 0) is 31.9 Å². The number of hydrogen-bond donors (Lipinski definition) is 1. The molecule has 1 saturated heterocycles. The normalized spacial score (nSPS) is 20.6. The molecule has 1 unspecified atom stereocenters. The molecule has 1 aromatic carbocycles. The van der Waals surface area contributed by atoms with Gasteiger partial charge in [0.2, 0.25) is 0 Å². The van der Waals surface area contributed by atoms with Gasteiger partial charge in [0, 0.05) is 19.7 Å². The van der Waals surface area contributed by atoms with Gasteiger partial charge in [-0.25, -0.2) is 0 Å². The van der Waals surface area contributed by atoms with Crippen molar-refractivity contribution < 1.29 is 14.6 Å². The molecule has 18 heavy (non-hydrogen) atoms. The summed E-state index contributed by atoms with van der Waals surface area (Å²) in [5.41, 5.74) is 1.10. The largest absolute Gasteiger partial charge is 0.507 e. The third kappa shape index (κ3) is 2.64. The minimum absolute atomic E-state index is 0.0448. The van der Waals surface area contributed by atoms with E-state index in [9.17, 15) is 9.90 Å². The van der Waals surface area contributed by atoms with Crippen LogP contribution in [0.1, 0.15) is 29.3 Å². The second kappa shape index (κ2) is 5.40. The number of ether oxygens (including phenoxy) is 1. The summed E-state index contributed by atoms with van der Waals surface area (Å²) < 4.78 is 5.52. The van der Waals surface area contributed by atoms with Crippen LogP contribution in [-0.4, -0.2) is 41.7 Å². The van der Waals surface area contributed by atoms with Gasteiger partial charge in [-0.15, -0.1) is 0 Å². The van der Waals surface area contributed by atoms with Crippen molar-refractivity contribution in [1.82, 2.24) is 4.90 Å². The van der Waals surface area contributed by atoms with E-state index in [1.165, 1.54) is 0 Å². The Morgan fingerprint density at radius 3 is 3.06 bits per heavy atom. The van der Waals surface area contributed by atoms with Gasteiger partial charge in [0.05, 0.1) is 11.7 Å². The van der Waals surface area contributed by atoms with E-state index in [1.807, 2.05) is 6.92 Å². The van der Waals surface area contributed by atoms with Crippen molar-refractivity contribution in [2.75, 3.05) is 19.7 Å². The van der Waals surface area contributed by atoms with Crippen LogP contribution in [0.4, 0.5) is 0 Å². The minimum Gasteiger partial charge on any atom is -0.507 e. The van der Waals surface area contributed by atoms with Gasteiger partial charge < -0.3 is 14.7 Å². The molecule has 1 aliphatic heterocycles. The molecule has 0 aromatic heterocycles. The number of phenolic OH excluding ortho intramolecular Hbond substituents is 1. The summed E-state index contributed by atoms with van der Waals surface area (Å²) in [4.78, 5) is 14.1. The topological polar surface area (TPSA) is 49.8 Å². The first-order valence-electron chi connectivity index (χ1n) is 6.29. The third-order valence-electron chi connectivity index (χ3n) is 3.21. The number of phenols is 1. The van der Waals surface area contributed by atoms with Crippen molar-refractivity contribution in [1.29, 1.82) is 0 Å². The first-order chi connectivity index (χ1) is 8.59. The highest BCUT2D eigenvalue weighted by Gasteiger charge is 2.23. The molecular weight excluding hydrogens is 230 g/mol. The number of para-hydroxylation sites is 1. The molecule has 1 atom stereocenters. The van der Waals surface area contributed by atoms with Crippen LogP contribution >= 0.6 is 0 Å². The molecular formula is C14H19NO3. The lowest BCUT2D eigenvalue weighted by Crippen LogP contribution is -2.36. The lowest BCUT2D eigenvalue weighted by atomic mass is 10.1. The van der Waals surface area contributed by atoms with Gasteiger partial charge in [0.25, 0.3) is 5.91 Å². The van der Waals surface area contributed by atoms with Crippen molar-refractivity contribution >= 4 is 5.91 Å². The molecule has 4 nitrogen and oxygen atoms in total. The predicted molar refractivity (Wildman–Crippen MR) is 68.8 cm³/mol. The molecule has 0 saturated carbocycles. The zero-order chi connectivity index (χ0) is 13.1. The number of carbonyl (C=O) groups excluding carboxylic acids is 1. The molecule has 1 fully saturated rings. The Balaban J connectivity index is 2.22. The monoisotopic (exact) mass is 249 g/mol. The second-order valence-electron chi connectivity index (χ2n) is 4.76. The van der Waals surface area contributed by atoms with Crippen LogP contribution in [0.25, 0.3) is 0 Å². The molecule has 0 spiro atoms. The van der Waals surface area contributed by atoms with Crippen LogP contribution in [-0.2, 0) is 4.74 Å². The summed E-state index contributed by atoms with van der Waals surface area (Å²) in [7, 11) is 0. The Kier molecular flexibility index (Phi) is 3.87. The number of hydrogen-bond acceptors (Lipinski definition) is 3. The first-order valence-corrected chi connectivity index (χ1v) is 6.29. The smallest absolute Gasteiger partial charge is 0.257 e. The van der Waals surface area contributed by atoms with E-state index >= 15 is 0 Å². The van der Waals surface area contributed by atoms with Crippen LogP contribution in [0.5, 0.6) is 5.75 Å². The Morgan fingerprint density at radius 1 is 1.50 bits per heavy atom. The SMILES string of the molecule is Cc1cccc(C(=O)N2CCCOC(C)C2)c1O. The molecule has 0 aliphatic carbocycles. The highest BCUT2D eigenvalue weighted by atomic mass is 16.5. The van der Waals surface area contributed by atoms with Crippen molar-refractivity contribution in [2.24, 2.45) is 0 Å². The summed E-state index contributed by atoms with van der Waals surface area (Å²) in [5.74, 6) is -0.0335. The van der Waals surface area contributed by atoms with Crippen LogP contribution in [0, 0.1) is 6.92 Å². The lowest BCUT2D eigenvalue weighted by Gasteiger charge is -2.22. The molecule has 1 heterocycles. The summed E-state index contributed by atoms with van der Waals surface area (Å²) in [6.45, 7) is 5.69. The van der Waals surface area contributed by atoms with Crippen molar-refractivity contribution in [3.05, 3.63) is 29.3 Å². The van der Waals surface area contributed by atoms with E-state index in [4.69, 9.17) is 4.74 Å². The molecule has 2 rings (SSSR count). The quantitative estimate of drug-likeness (QED) is 0.827. The van der Waals surface area contributed by atoms with E-state index < -0.39 is 0 Å². The lowest BCUT2D eigenvalue weighted by molar-refractivity contribution is 0.0561. The number of aromatic hydroxyl groups is 1. The van der Waals surface area contributed by atoms with Gasteiger partial charge in [0.15, 0.2) is 0 Å². The fourth-order valence-corrected chi connectivity index (χ4v) is 2.18. The van der Waals surface area contributed by atoms with Gasteiger partial charge in [-0.3, -0.25) is 4.79 Å². The molecule has 1 aliphatic rings. The average Bonchev–Trinajstić information content (AvgIpc) is 2.56. The molecule has 1 N–H and O–H groups in total. The van der Waals surface area contributed by atoms with Crippen molar-refractivity contribution in [3.63, 3.8) is 0 Å². The fraction of sp³-hybridized carbons (Fsp3) is 0.500. The van der Waals surface area contributed by atoms with Crippen molar-refractivity contribution in [3.8, 4) is 5.75 Å². The standard InChI is InChI=1S/C14H19NO3/c1-10-5-3-6-12(13(10)16)14(17)15-7-4-8-18-11(2)9-15/h3,5-6,11,16H,4,7-9H2,1-2H3. The average molecular weight is 249 g/mol. The van der Waals surface area contributed by atoms with E-state index in [2.05, 4.69) is 0 Å². The molecule has 1 amide bonds. The summed E-state index contributed by atoms with van der Waals surface area (Å²) in [6.07, 6.45) is 0.881. The van der Waals surface area contributed by atoms with Gasteiger partial charge in [-0.2, -0.15) is 0 Å². The first kappa shape index (κ1) is 12.9. The van der Waals surface area contributed by atoms with Crippen LogP contribution < -0.4 is 0 Å². The zero-order valence-electron chi connectivity index (χ0n) is 10.8. The molecule has 0 radical (unpaired) electrons. The molecule has 98 valence electrons. The van der Waals surface area contributed by atoms with Gasteiger partial charge in [0.1, 0.15) is 5.75 Å². The second-order valence-corrected chi connectivity index (χ2v) is 4.76. The number of amides is 1. The Bertz CT molecular complexity index is 445. The van der Waals surface area contributed by atoms with E-state index in [0.717, 1.165) is 12.0 Å². The number of nitrogens with zero attached hydrogens (tertiary/aromatic N) is 1. The maximum atomic E-state index is 12.4. The zero-order valence-corrected chi connectivity index (χ0v) is 10.8. The summed E-state index contributed by atoms with van der Waals surface area (Å²) in [6, 6.07) is 5.25. The highest BCUT2D eigenvalue weighted by molar-refractivity contribution is 5.97. The number of benzene rings is 1. The van der Waals surface area contributed by atoms with E-state index in [1.54, 1.807) is 30.0 Å². The van der Waals surface area contributed by atoms with Gasteiger partial charge in [-0.1, -0.05) is 12.1 Å². The Hall–Kier alpha value is -1.55. The fourth-order valence-electron chi connectivity index (χ4n) is 2.18. The minimum atomic E-state index is -0.117. The van der Waals surface area contributed by atoms with Crippen molar-refractivity contribution in [2.45, 2.75) is 26.4 Å². The van der Waals surface area contributed by atoms with Crippen LogP contribution in [0.3, 0.4) is 0 Å². The van der Waals surface area contributed by atoms with Crippen LogP contribution in [0.15, 0.2) is 18.2 Å². The van der Waals surface area contributed by atoms with Gasteiger partial charge >= 0.3 is 0 Å². The van der Waals surface area contributed by atoms with Crippen LogP contribution in [0.2, 0.25) is 0 Å². The molecule has 1 aromatic rings. The predicted octanol–water partition coefficient (Wildman–Crippen LogP) is 1.95. The number of aryl methyl sites for hydroxylation is 1. The number of rotatable bonds is 1. The molecule has 0 bridgehead atoms. The third-order valence-corrected chi connectivity index (χ3v) is 3.21. The number of carbonyl (C=O) groups is 1. The molecule has 4 heteroatoms. The Morgan fingerprint density at radius 2 is 2.28 bits per heavy atom. The van der Waals surface area contributed by atoms with E-state index in [-0.39, 0.29) is 17.8 Å².